The number of hydrogen-bond donors (Lipinski definition) is 2. The molecule has 0 radical (unpaired) electrons. The van der Waals surface area contributed by atoms with Gasteiger partial charge in [-0.15, -0.1) is 0 Å². The van der Waals surface area contributed by atoms with Gasteiger partial charge >= 0.3 is 12.2 Å². The maximum atomic E-state index is 12.6. The van der Waals surface area contributed by atoms with Crippen LogP contribution < -0.4 is 10.6 Å². The summed E-state index contributed by atoms with van der Waals surface area (Å²) in [6.45, 7) is 0.144. The number of carbonyl (C=O) groups excluding carboxylic acids is 1. The molecule has 2 amide bonds. The number of urea groups is 1. The third kappa shape index (κ3) is 5.69. The fourth-order valence-electron chi connectivity index (χ4n) is 1.89. The van der Waals surface area contributed by atoms with Gasteiger partial charge in [-0.2, -0.15) is 13.2 Å². The van der Waals surface area contributed by atoms with E-state index in [1.165, 1.54) is 12.1 Å². The number of carbonyl (C=O) groups is 1. The van der Waals surface area contributed by atoms with E-state index in [4.69, 9.17) is 0 Å². The molecule has 0 atom stereocenters. The molecule has 0 aromatic heterocycles. The number of alkyl halides is 3. The van der Waals surface area contributed by atoms with Crippen LogP contribution >= 0.6 is 0 Å². The molecular formula is C18H15F3N2O. The second-order valence-electron chi connectivity index (χ2n) is 4.90. The zero-order valence-electron chi connectivity index (χ0n) is 12.7. The summed E-state index contributed by atoms with van der Waals surface area (Å²) in [6, 6.07) is 13.6. The van der Waals surface area contributed by atoms with Crippen molar-refractivity contribution in [2.75, 3.05) is 6.54 Å². The van der Waals surface area contributed by atoms with Crippen LogP contribution in [-0.2, 0) is 12.7 Å². The minimum atomic E-state index is -4.40. The van der Waals surface area contributed by atoms with Gasteiger partial charge in [0.15, 0.2) is 0 Å². The smallest absolute Gasteiger partial charge is 0.334 e. The van der Waals surface area contributed by atoms with Crippen molar-refractivity contribution in [3.05, 3.63) is 71.3 Å². The minimum Gasteiger partial charge on any atom is -0.334 e. The lowest BCUT2D eigenvalue weighted by atomic mass is 10.1. The standard InChI is InChI=1S/C18H15F3N2O/c19-18(20,21)16-10-4-8-15(12-16)13-23-17(24)22-11-5-9-14-6-2-1-3-7-14/h1-4,6-8,10,12H,11,13H2,(H2,22,23,24). The van der Waals surface area contributed by atoms with E-state index in [9.17, 15) is 18.0 Å². The normalized spacial score (nSPS) is 10.5. The monoisotopic (exact) mass is 332 g/mol. The molecule has 0 spiro atoms. The molecule has 0 bridgehead atoms. The fourth-order valence-corrected chi connectivity index (χ4v) is 1.89. The lowest BCUT2D eigenvalue weighted by Crippen LogP contribution is -2.35. The summed E-state index contributed by atoms with van der Waals surface area (Å²) in [7, 11) is 0. The van der Waals surface area contributed by atoms with Gasteiger partial charge in [-0.25, -0.2) is 4.79 Å². The van der Waals surface area contributed by atoms with Crippen LogP contribution in [0, 0.1) is 11.8 Å². The highest BCUT2D eigenvalue weighted by Crippen LogP contribution is 2.29. The molecule has 24 heavy (non-hydrogen) atoms. The lowest BCUT2D eigenvalue weighted by Gasteiger charge is -2.09. The summed E-state index contributed by atoms with van der Waals surface area (Å²) in [5, 5.41) is 5.01. The molecule has 2 N–H and O–H groups in total. The Hall–Kier alpha value is -2.94. The van der Waals surface area contributed by atoms with Crippen molar-refractivity contribution >= 4 is 6.03 Å². The average Bonchev–Trinajstić information content (AvgIpc) is 2.57. The predicted octanol–water partition coefficient (Wildman–Crippen LogP) is 3.56. The van der Waals surface area contributed by atoms with E-state index in [1.54, 1.807) is 0 Å². The SMILES string of the molecule is O=C(NCC#Cc1ccccc1)NCc1cccc(C(F)(F)F)c1. The van der Waals surface area contributed by atoms with Gasteiger partial charge in [-0.1, -0.05) is 42.2 Å². The zero-order valence-corrected chi connectivity index (χ0v) is 12.7. The number of halogens is 3. The van der Waals surface area contributed by atoms with Crippen LogP contribution in [0.5, 0.6) is 0 Å². The van der Waals surface area contributed by atoms with Crippen molar-refractivity contribution in [3.8, 4) is 11.8 Å². The van der Waals surface area contributed by atoms with E-state index in [0.29, 0.717) is 5.56 Å². The van der Waals surface area contributed by atoms with Crippen LogP contribution in [0.1, 0.15) is 16.7 Å². The molecule has 6 heteroatoms. The first-order valence-electron chi connectivity index (χ1n) is 7.17. The van der Waals surface area contributed by atoms with Crippen LogP contribution in [-0.4, -0.2) is 12.6 Å². The van der Waals surface area contributed by atoms with Crippen molar-refractivity contribution in [3.63, 3.8) is 0 Å². The molecule has 0 fully saturated rings. The Morgan fingerprint density at radius 2 is 1.75 bits per heavy atom. The highest BCUT2D eigenvalue weighted by molar-refractivity contribution is 5.74. The van der Waals surface area contributed by atoms with Crippen molar-refractivity contribution in [1.82, 2.24) is 10.6 Å². The van der Waals surface area contributed by atoms with Gasteiger partial charge in [0, 0.05) is 12.1 Å². The number of hydrogen-bond acceptors (Lipinski definition) is 1. The van der Waals surface area contributed by atoms with E-state index >= 15 is 0 Å². The molecule has 0 heterocycles. The van der Waals surface area contributed by atoms with Gasteiger partial charge in [0.25, 0.3) is 0 Å². The Balaban J connectivity index is 1.79. The van der Waals surface area contributed by atoms with E-state index in [1.807, 2.05) is 30.3 Å². The van der Waals surface area contributed by atoms with Crippen LogP contribution in [0.3, 0.4) is 0 Å². The second kappa shape index (κ2) is 8.06. The molecule has 124 valence electrons. The largest absolute Gasteiger partial charge is 0.416 e. The summed E-state index contributed by atoms with van der Waals surface area (Å²) in [5.41, 5.74) is 0.468. The van der Waals surface area contributed by atoms with Crippen molar-refractivity contribution in [1.29, 1.82) is 0 Å². The third-order valence-electron chi connectivity index (χ3n) is 3.05. The Morgan fingerprint density at radius 1 is 1.00 bits per heavy atom. The van der Waals surface area contributed by atoms with Crippen LogP contribution in [0.4, 0.5) is 18.0 Å². The number of benzene rings is 2. The molecule has 0 aliphatic heterocycles. The van der Waals surface area contributed by atoms with E-state index in [2.05, 4.69) is 22.5 Å². The van der Waals surface area contributed by atoms with Crippen LogP contribution in [0.25, 0.3) is 0 Å². The molecule has 2 rings (SSSR count). The Kier molecular flexibility index (Phi) is 5.85. The first-order valence-corrected chi connectivity index (χ1v) is 7.17. The molecular weight excluding hydrogens is 317 g/mol. The zero-order chi connectivity index (χ0) is 17.4. The van der Waals surface area contributed by atoms with Gasteiger partial charge in [0.05, 0.1) is 12.1 Å². The fraction of sp³-hybridized carbons (Fsp3) is 0.167. The second-order valence-corrected chi connectivity index (χ2v) is 4.90. The number of amides is 2. The highest BCUT2D eigenvalue weighted by atomic mass is 19.4. The molecule has 2 aromatic rings. The van der Waals surface area contributed by atoms with Gasteiger partial charge in [-0.05, 0) is 29.8 Å². The third-order valence-corrected chi connectivity index (χ3v) is 3.05. The van der Waals surface area contributed by atoms with Crippen LogP contribution in [0.2, 0.25) is 0 Å². The first-order chi connectivity index (χ1) is 11.4. The van der Waals surface area contributed by atoms with Gasteiger partial charge < -0.3 is 10.6 Å². The van der Waals surface area contributed by atoms with Gasteiger partial charge in [0.2, 0.25) is 0 Å². The summed E-state index contributed by atoms with van der Waals surface area (Å²) in [4.78, 5) is 11.6. The maximum absolute atomic E-state index is 12.6. The average molecular weight is 332 g/mol. The molecule has 0 aliphatic rings. The van der Waals surface area contributed by atoms with Crippen molar-refractivity contribution in [2.45, 2.75) is 12.7 Å². The van der Waals surface area contributed by atoms with E-state index in [0.717, 1.165) is 17.7 Å². The molecule has 0 aliphatic carbocycles. The lowest BCUT2D eigenvalue weighted by molar-refractivity contribution is -0.137. The minimum absolute atomic E-state index is 0.00185. The van der Waals surface area contributed by atoms with E-state index in [-0.39, 0.29) is 13.1 Å². The molecule has 0 saturated heterocycles. The quantitative estimate of drug-likeness (QED) is 0.829. The molecule has 0 saturated carbocycles. The van der Waals surface area contributed by atoms with Gasteiger partial charge in [0.1, 0.15) is 0 Å². The highest BCUT2D eigenvalue weighted by Gasteiger charge is 2.30. The number of rotatable bonds is 3. The summed E-state index contributed by atoms with van der Waals surface area (Å²) < 4.78 is 37.8. The molecule has 0 unspecified atom stereocenters. The van der Waals surface area contributed by atoms with Crippen molar-refractivity contribution < 1.29 is 18.0 Å². The molecule has 2 aromatic carbocycles. The first kappa shape index (κ1) is 17.4. The van der Waals surface area contributed by atoms with Gasteiger partial charge in [-0.3, -0.25) is 0 Å². The van der Waals surface area contributed by atoms with E-state index < -0.39 is 17.8 Å². The summed E-state index contributed by atoms with van der Waals surface area (Å²) in [6.07, 6.45) is -4.40. The van der Waals surface area contributed by atoms with Crippen molar-refractivity contribution in [2.24, 2.45) is 0 Å². The summed E-state index contributed by atoms with van der Waals surface area (Å²) >= 11 is 0. The summed E-state index contributed by atoms with van der Waals surface area (Å²) in [5.74, 6) is 5.67. The maximum Gasteiger partial charge on any atom is 0.416 e. The predicted molar refractivity (Wildman–Crippen MR) is 85.0 cm³/mol. The Morgan fingerprint density at radius 3 is 2.46 bits per heavy atom. The van der Waals surface area contributed by atoms with Crippen LogP contribution in [0.15, 0.2) is 54.6 Å². The topological polar surface area (TPSA) is 41.1 Å². The number of nitrogens with one attached hydrogen (secondary N) is 2. The Bertz CT molecular complexity index is 746. The Labute approximate surface area is 137 Å². The molecule has 3 nitrogen and oxygen atoms in total.